The Morgan fingerprint density at radius 2 is 1.44 bits per heavy atom. The minimum Gasteiger partial charge on any atom is -0.507 e. The molecule has 0 aliphatic heterocycles. The van der Waals surface area contributed by atoms with Gasteiger partial charge in [0.2, 0.25) is 5.89 Å². The molecule has 6 aromatic rings. The molecular formula is C31H21N2O2Pt-. The van der Waals surface area contributed by atoms with Crippen molar-refractivity contribution >= 4 is 11.1 Å². The van der Waals surface area contributed by atoms with Crippen molar-refractivity contribution in [2.75, 3.05) is 0 Å². The fourth-order valence-electron chi connectivity index (χ4n) is 4.23. The van der Waals surface area contributed by atoms with Gasteiger partial charge in [0.25, 0.3) is 0 Å². The normalized spacial score (nSPS) is 10.8. The van der Waals surface area contributed by atoms with Crippen LogP contribution in [0.25, 0.3) is 44.9 Å². The van der Waals surface area contributed by atoms with Crippen molar-refractivity contribution in [3.05, 3.63) is 127 Å². The smallest absolute Gasteiger partial charge is 0.230 e. The molecule has 0 amide bonds. The molecule has 4 nitrogen and oxygen atoms in total. The zero-order valence-electron chi connectivity index (χ0n) is 19.2. The Morgan fingerprint density at radius 1 is 0.694 bits per heavy atom. The van der Waals surface area contributed by atoms with E-state index in [1.54, 1.807) is 18.2 Å². The van der Waals surface area contributed by atoms with E-state index in [9.17, 15) is 5.11 Å². The number of phenols is 1. The van der Waals surface area contributed by atoms with E-state index >= 15 is 0 Å². The molecule has 2 aromatic heterocycles. The first-order valence-electron chi connectivity index (χ1n) is 11.4. The van der Waals surface area contributed by atoms with Crippen molar-refractivity contribution in [2.45, 2.75) is 6.42 Å². The van der Waals surface area contributed by atoms with Crippen molar-refractivity contribution in [2.24, 2.45) is 0 Å². The molecule has 4 aromatic carbocycles. The zero-order valence-corrected chi connectivity index (χ0v) is 21.4. The van der Waals surface area contributed by atoms with Gasteiger partial charge in [-0.25, -0.2) is 4.98 Å². The molecule has 0 aliphatic rings. The largest absolute Gasteiger partial charge is 0.507 e. The van der Waals surface area contributed by atoms with Crippen molar-refractivity contribution in [3.63, 3.8) is 0 Å². The summed E-state index contributed by atoms with van der Waals surface area (Å²) in [5.74, 6) is 0.522. The Hall–Kier alpha value is -4.01. The Labute approximate surface area is 223 Å². The van der Waals surface area contributed by atoms with Gasteiger partial charge < -0.3 is 9.52 Å². The minimum atomic E-state index is 0. The van der Waals surface area contributed by atoms with Crippen LogP contribution >= 0.6 is 0 Å². The van der Waals surface area contributed by atoms with E-state index in [4.69, 9.17) is 14.4 Å². The molecule has 6 rings (SSSR count). The van der Waals surface area contributed by atoms with Gasteiger partial charge in [0.1, 0.15) is 11.3 Å². The topological polar surface area (TPSA) is 59.2 Å². The number of hydrogen-bond acceptors (Lipinski definition) is 4. The summed E-state index contributed by atoms with van der Waals surface area (Å²) in [6, 6.07) is 36.9. The number of hydrogen-bond donors (Lipinski definition) is 1. The molecule has 2 heterocycles. The Balaban J connectivity index is 0.00000267. The molecule has 0 radical (unpaired) electrons. The fraction of sp³-hybridized carbons (Fsp3) is 0.0323. The third-order valence-electron chi connectivity index (χ3n) is 5.99. The van der Waals surface area contributed by atoms with Crippen molar-refractivity contribution in [1.29, 1.82) is 0 Å². The number of nitrogens with zero attached hydrogens (tertiary/aromatic N) is 2. The number of rotatable bonds is 5. The number of aromatic hydroxyl groups is 1. The second-order valence-corrected chi connectivity index (χ2v) is 8.38. The maximum absolute atomic E-state index is 10.2. The second kappa shape index (κ2) is 10.3. The van der Waals surface area contributed by atoms with Crippen LogP contribution in [0.3, 0.4) is 0 Å². The van der Waals surface area contributed by atoms with Gasteiger partial charge in [0.15, 0.2) is 0 Å². The monoisotopic (exact) mass is 648 g/mol. The third kappa shape index (κ3) is 4.73. The van der Waals surface area contributed by atoms with E-state index in [0.717, 1.165) is 34.3 Å². The molecular weight excluding hydrogens is 627 g/mol. The summed E-state index contributed by atoms with van der Waals surface area (Å²) in [6.45, 7) is 0. The number of phenolic OH excluding ortho intramolecular Hbond substituents is 1. The van der Waals surface area contributed by atoms with E-state index in [1.165, 1.54) is 11.1 Å². The van der Waals surface area contributed by atoms with Crippen molar-refractivity contribution < 1.29 is 30.6 Å². The van der Waals surface area contributed by atoms with E-state index in [1.807, 2.05) is 60.8 Å². The standard InChI is InChI=1S/C31H21N2O2.Pt/c34-28-14-5-4-12-26(28)31-33-30-25(13-7-15-29(30)35-31)23-10-6-11-24(19-23)27-17-16-22(20-32-27)18-21-8-2-1-3-9-21;/h1-17,20,34H,18H2;/q-1;. The third-order valence-corrected chi connectivity index (χ3v) is 5.99. The number of fused-ring (bicyclic) bond motifs is 1. The van der Waals surface area contributed by atoms with Gasteiger partial charge in [0.05, 0.1) is 11.1 Å². The van der Waals surface area contributed by atoms with Gasteiger partial charge >= 0.3 is 0 Å². The van der Waals surface area contributed by atoms with Crippen molar-refractivity contribution in [1.82, 2.24) is 9.97 Å². The quantitative estimate of drug-likeness (QED) is 0.199. The van der Waals surface area contributed by atoms with E-state index < -0.39 is 0 Å². The molecule has 36 heavy (non-hydrogen) atoms. The second-order valence-electron chi connectivity index (χ2n) is 8.38. The zero-order chi connectivity index (χ0) is 23.6. The van der Waals surface area contributed by atoms with Gasteiger partial charge in [-0.3, -0.25) is 4.98 Å². The molecule has 0 saturated heterocycles. The summed E-state index contributed by atoms with van der Waals surface area (Å²) in [4.78, 5) is 9.41. The predicted octanol–water partition coefficient (Wildman–Crippen LogP) is 7.32. The molecule has 0 saturated carbocycles. The molecule has 0 atom stereocenters. The molecule has 1 N–H and O–H groups in total. The van der Waals surface area contributed by atoms with Crippen LogP contribution in [-0.4, -0.2) is 15.1 Å². The number of para-hydroxylation sites is 2. The maximum Gasteiger partial charge on any atom is 0.230 e. The van der Waals surface area contributed by atoms with Crippen LogP contribution in [0, 0.1) is 6.07 Å². The Bertz CT molecular complexity index is 1630. The SMILES string of the molecule is Oc1ccccc1-c1nc2c(-c3[c-]c(-c4ccc(Cc5ccccc5)cn4)ccc3)cccc2o1.[Pt]. The molecule has 0 aliphatic carbocycles. The van der Waals surface area contributed by atoms with Gasteiger partial charge in [-0.2, -0.15) is 0 Å². The number of aromatic nitrogens is 2. The van der Waals surface area contributed by atoms with Gasteiger partial charge in [-0.05, 0) is 35.7 Å². The van der Waals surface area contributed by atoms with E-state index in [2.05, 4.69) is 36.4 Å². The first kappa shape index (κ1) is 23.7. The average Bonchev–Trinajstić information content (AvgIpc) is 3.34. The fourth-order valence-corrected chi connectivity index (χ4v) is 4.23. The summed E-state index contributed by atoms with van der Waals surface area (Å²) in [6.07, 6.45) is 2.78. The Kier molecular flexibility index (Phi) is 6.79. The first-order chi connectivity index (χ1) is 17.2. The molecule has 178 valence electrons. The average molecular weight is 649 g/mol. The van der Waals surface area contributed by atoms with Crippen LogP contribution in [0.5, 0.6) is 5.75 Å². The van der Waals surface area contributed by atoms with Gasteiger partial charge in [-0.15, -0.1) is 29.8 Å². The number of oxazole rings is 1. The van der Waals surface area contributed by atoms with Crippen LogP contribution in [0.15, 0.2) is 114 Å². The number of benzene rings is 4. The molecule has 0 unspecified atom stereocenters. The summed E-state index contributed by atoms with van der Waals surface area (Å²) < 4.78 is 5.98. The summed E-state index contributed by atoms with van der Waals surface area (Å²) in [5, 5.41) is 10.2. The van der Waals surface area contributed by atoms with Gasteiger partial charge in [0, 0.05) is 33.0 Å². The van der Waals surface area contributed by atoms with Crippen LogP contribution in [-0.2, 0) is 27.5 Å². The Morgan fingerprint density at radius 3 is 2.25 bits per heavy atom. The van der Waals surface area contributed by atoms with Gasteiger partial charge in [-0.1, -0.05) is 77.9 Å². The van der Waals surface area contributed by atoms with E-state index in [-0.39, 0.29) is 26.8 Å². The summed E-state index contributed by atoms with van der Waals surface area (Å²) in [7, 11) is 0. The van der Waals surface area contributed by atoms with E-state index in [0.29, 0.717) is 17.0 Å². The predicted molar refractivity (Wildman–Crippen MR) is 138 cm³/mol. The summed E-state index contributed by atoms with van der Waals surface area (Å²) >= 11 is 0. The van der Waals surface area contributed by atoms with Crippen LogP contribution in [0.4, 0.5) is 0 Å². The van der Waals surface area contributed by atoms with Crippen LogP contribution < -0.4 is 0 Å². The summed E-state index contributed by atoms with van der Waals surface area (Å²) in [5.41, 5.74) is 7.97. The number of pyridine rings is 1. The van der Waals surface area contributed by atoms with Crippen LogP contribution in [0.1, 0.15) is 11.1 Å². The minimum absolute atomic E-state index is 0. The molecule has 5 heteroatoms. The van der Waals surface area contributed by atoms with Crippen LogP contribution in [0.2, 0.25) is 0 Å². The molecule has 0 spiro atoms. The first-order valence-corrected chi connectivity index (χ1v) is 11.4. The maximum atomic E-state index is 10.2. The molecule has 0 bridgehead atoms. The molecule has 0 fully saturated rings. The van der Waals surface area contributed by atoms with Crippen molar-refractivity contribution in [3.8, 4) is 39.6 Å².